The molecule has 1 heterocycles. The van der Waals surface area contributed by atoms with Crippen molar-refractivity contribution in [1.82, 2.24) is 4.98 Å². The summed E-state index contributed by atoms with van der Waals surface area (Å²) in [6, 6.07) is 2.07. The molecule has 0 aliphatic carbocycles. The van der Waals surface area contributed by atoms with Gasteiger partial charge >= 0.3 is 0 Å². The molecular formula is C9H13NO. The van der Waals surface area contributed by atoms with Crippen LogP contribution in [0.2, 0.25) is 0 Å². The van der Waals surface area contributed by atoms with Gasteiger partial charge in [-0.25, -0.2) is 0 Å². The molecule has 0 unspecified atom stereocenters. The minimum atomic E-state index is 0.199. The second-order valence-corrected chi connectivity index (χ2v) is 2.72. The molecule has 0 fully saturated rings. The summed E-state index contributed by atoms with van der Waals surface area (Å²) >= 11 is 0. The Labute approximate surface area is 66.9 Å². The lowest BCUT2D eigenvalue weighted by Gasteiger charge is -2.01. The molecule has 0 amide bonds. The van der Waals surface area contributed by atoms with Gasteiger partial charge in [-0.3, -0.25) is 4.98 Å². The van der Waals surface area contributed by atoms with E-state index < -0.39 is 0 Å². The van der Waals surface area contributed by atoms with Gasteiger partial charge in [-0.15, -0.1) is 0 Å². The van der Waals surface area contributed by atoms with Crippen LogP contribution in [-0.4, -0.2) is 16.7 Å². The van der Waals surface area contributed by atoms with Crippen molar-refractivity contribution in [2.75, 3.05) is 6.61 Å². The highest BCUT2D eigenvalue weighted by Crippen LogP contribution is 2.06. The third-order valence-corrected chi connectivity index (χ3v) is 1.80. The molecule has 1 rings (SSSR count). The highest BCUT2D eigenvalue weighted by atomic mass is 16.2. The topological polar surface area (TPSA) is 33.1 Å². The van der Waals surface area contributed by atoms with E-state index in [2.05, 4.69) is 11.1 Å². The van der Waals surface area contributed by atoms with Gasteiger partial charge in [0.1, 0.15) is 0 Å². The lowest BCUT2D eigenvalue weighted by molar-refractivity contribution is 0.299. The Morgan fingerprint density at radius 2 is 2.18 bits per heavy atom. The summed E-state index contributed by atoms with van der Waals surface area (Å²) in [6.45, 7) is 4.21. The van der Waals surface area contributed by atoms with E-state index in [0.29, 0.717) is 6.42 Å². The lowest BCUT2D eigenvalue weighted by atomic mass is 10.1. The summed E-state index contributed by atoms with van der Waals surface area (Å²) in [4.78, 5) is 4.19. The standard InChI is InChI=1S/C9H13NO/c1-7-5-9(3-4-11)6-10-8(7)2/h5-6,11H,3-4H2,1-2H3. The number of hydrogen-bond acceptors (Lipinski definition) is 2. The second-order valence-electron chi connectivity index (χ2n) is 2.72. The maximum atomic E-state index is 8.65. The van der Waals surface area contributed by atoms with E-state index in [1.807, 2.05) is 20.0 Å². The first-order valence-electron chi connectivity index (χ1n) is 3.77. The van der Waals surface area contributed by atoms with Gasteiger partial charge in [-0.05, 0) is 31.4 Å². The summed E-state index contributed by atoms with van der Waals surface area (Å²) < 4.78 is 0. The van der Waals surface area contributed by atoms with E-state index >= 15 is 0 Å². The fraction of sp³-hybridized carbons (Fsp3) is 0.444. The van der Waals surface area contributed by atoms with Gasteiger partial charge in [0.2, 0.25) is 0 Å². The quantitative estimate of drug-likeness (QED) is 0.689. The van der Waals surface area contributed by atoms with Crippen molar-refractivity contribution in [3.05, 3.63) is 29.1 Å². The summed E-state index contributed by atoms with van der Waals surface area (Å²) in [7, 11) is 0. The minimum Gasteiger partial charge on any atom is -0.396 e. The zero-order valence-corrected chi connectivity index (χ0v) is 6.96. The van der Waals surface area contributed by atoms with Crippen LogP contribution in [0.3, 0.4) is 0 Å². The molecule has 1 aromatic rings. The predicted octanol–water partition coefficient (Wildman–Crippen LogP) is 1.23. The van der Waals surface area contributed by atoms with Crippen LogP contribution in [0.25, 0.3) is 0 Å². The van der Waals surface area contributed by atoms with Gasteiger partial charge in [0.05, 0.1) is 0 Å². The van der Waals surface area contributed by atoms with E-state index in [9.17, 15) is 0 Å². The van der Waals surface area contributed by atoms with Crippen LogP contribution in [0.5, 0.6) is 0 Å². The van der Waals surface area contributed by atoms with E-state index in [4.69, 9.17) is 5.11 Å². The number of aliphatic hydroxyl groups excluding tert-OH is 1. The van der Waals surface area contributed by atoms with Gasteiger partial charge < -0.3 is 5.11 Å². The Bertz CT molecular complexity index is 245. The maximum Gasteiger partial charge on any atom is 0.0472 e. The first-order valence-corrected chi connectivity index (χ1v) is 3.77. The molecule has 2 heteroatoms. The van der Waals surface area contributed by atoms with E-state index in [1.165, 1.54) is 5.56 Å². The average Bonchev–Trinajstić information content (AvgIpc) is 1.98. The molecule has 0 aromatic carbocycles. The van der Waals surface area contributed by atoms with E-state index in [-0.39, 0.29) is 6.61 Å². The summed E-state index contributed by atoms with van der Waals surface area (Å²) in [5.41, 5.74) is 3.36. The zero-order chi connectivity index (χ0) is 8.27. The molecule has 0 saturated carbocycles. The molecular weight excluding hydrogens is 138 g/mol. The predicted molar refractivity (Wildman–Crippen MR) is 44.5 cm³/mol. The first-order chi connectivity index (χ1) is 5.24. The van der Waals surface area contributed by atoms with Crippen molar-refractivity contribution in [3.63, 3.8) is 0 Å². The summed E-state index contributed by atoms with van der Waals surface area (Å²) in [5.74, 6) is 0. The van der Waals surface area contributed by atoms with Crippen LogP contribution in [0.4, 0.5) is 0 Å². The van der Waals surface area contributed by atoms with Crippen LogP contribution >= 0.6 is 0 Å². The largest absolute Gasteiger partial charge is 0.396 e. The molecule has 0 aliphatic rings. The molecule has 2 nitrogen and oxygen atoms in total. The SMILES string of the molecule is Cc1cc(CCO)cnc1C. The number of hydrogen-bond donors (Lipinski definition) is 1. The summed E-state index contributed by atoms with van der Waals surface area (Å²) in [6.07, 6.45) is 2.52. The van der Waals surface area contributed by atoms with E-state index in [1.54, 1.807) is 0 Å². The Kier molecular flexibility index (Phi) is 2.60. The van der Waals surface area contributed by atoms with Crippen LogP contribution < -0.4 is 0 Å². The van der Waals surface area contributed by atoms with Gasteiger partial charge in [0.25, 0.3) is 0 Å². The van der Waals surface area contributed by atoms with Gasteiger partial charge in [0, 0.05) is 18.5 Å². The fourth-order valence-electron chi connectivity index (χ4n) is 0.967. The lowest BCUT2D eigenvalue weighted by Crippen LogP contribution is -1.94. The average molecular weight is 151 g/mol. The Hall–Kier alpha value is -0.890. The molecule has 0 aliphatic heterocycles. The number of rotatable bonds is 2. The number of aryl methyl sites for hydroxylation is 2. The Balaban J connectivity index is 2.86. The Morgan fingerprint density at radius 3 is 2.73 bits per heavy atom. The molecule has 0 spiro atoms. The zero-order valence-electron chi connectivity index (χ0n) is 6.96. The van der Waals surface area contributed by atoms with Crippen molar-refractivity contribution >= 4 is 0 Å². The number of pyridine rings is 1. The number of aliphatic hydroxyl groups is 1. The van der Waals surface area contributed by atoms with Crippen molar-refractivity contribution in [1.29, 1.82) is 0 Å². The van der Waals surface area contributed by atoms with Crippen molar-refractivity contribution < 1.29 is 5.11 Å². The smallest absolute Gasteiger partial charge is 0.0472 e. The number of aromatic nitrogens is 1. The number of nitrogens with zero attached hydrogens (tertiary/aromatic N) is 1. The van der Waals surface area contributed by atoms with Crippen LogP contribution in [0.1, 0.15) is 16.8 Å². The third kappa shape index (κ3) is 2.02. The Morgan fingerprint density at radius 1 is 1.45 bits per heavy atom. The van der Waals surface area contributed by atoms with Crippen LogP contribution in [0.15, 0.2) is 12.3 Å². The van der Waals surface area contributed by atoms with Gasteiger partial charge in [-0.1, -0.05) is 6.07 Å². The highest BCUT2D eigenvalue weighted by molar-refractivity contribution is 5.22. The fourth-order valence-corrected chi connectivity index (χ4v) is 0.967. The molecule has 0 bridgehead atoms. The molecule has 0 saturated heterocycles. The van der Waals surface area contributed by atoms with Crippen molar-refractivity contribution in [2.24, 2.45) is 0 Å². The molecule has 1 aromatic heterocycles. The maximum absolute atomic E-state index is 8.65. The van der Waals surface area contributed by atoms with Crippen LogP contribution in [-0.2, 0) is 6.42 Å². The van der Waals surface area contributed by atoms with E-state index in [0.717, 1.165) is 11.3 Å². The van der Waals surface area contributed by atoms with Gasteiger partial charge in [0.15, 0.2) is 0 Å². The normalized spacial score (nSPS) is 10.1. The monoisotopic (exact) mass is 151 g/mol. The molecule has 11 heavy (non-hydrogen) atoms. The minimum absolute atomic E-state index is 0.199. The van der Waals surface area contributed by atoms with Crippen molar-refractivity contribution in [2.45, 2.75) is 20.3 Å². The molecule has 0 radical (unpaired) electrons. The highest BCUT2D eigenvalue weighted by Gasteiger charge is 1.95. The molecule has 60 valence electrons. The third-order valence-electron chi connectivity index (χ3n) is 1.80. The van der Waals surface area contributed by atoms with Crippen LogP contribution in [0, 0.1) is 13.8 Å². The van der Waals surface area contributed by atoms with Gasteiger partial charge in [-0.2, -0.15) is 0 Å². The molecule has 1 N–H and O–H groups in total. The second kappa shape index (κ2) is 3.49. The first kappa shape index (κ1) is 8.21. The molecule has 0 atom stereocenters. The summed E-state index contributed by atoms with van der Waals surface area (Å²) in [5, 5.41) is 8.65. The van der Waals surface area contributed by atoms with Crippen molar-refractivity contribution in [3.8, 4) is 0 Å².